The van der Waals surface area contributed by atoms with Gasteiger partial charge in [-0.1, -0.05) is 6.92 Å². The van der Waals surface area contributed by atoms with E-state index in [0.717, 1.165) is 38.2 Å². The largest absolute Gasteiger partial charge is 0.370 e. The molecule has 0 unspecified atom stereocenters. The zero-order chi connectivity index (χ0) is 17.7. The van der Waals surface area contributed by atoms with E-state index in [4.69, 9.17) is 5.73 Å². The molecule has 2 amide bonds. The van der Waals surface area contributed by atoms with Crippen molar-refractivity contribution in [3.63, 3.8) is 0 Å². The summed E-state index contributed by atoms with van der Waals surface area (Å²) in [5.41, 5.74) is 5.27. The first-order valence-corrected chi connectivity index (χ1v) is 8.79. The van der Waals surface area contributed by atoms with Crippen molar-refractivity contribution in [2.24, 2.45) is 11.7 Å². The third kappa shape index (κ3) is 4.56. The number of rotatable bonds is 7. The Morgan fingerprint density at radius 2 is 2.04 bits per heavy atom. The number of piperidine rings is 1. The van der Waals surface area contributed by atoms with Gasteiger partial charge in [0.2, 0.25) is 11.8 Å². The minimum absolute atomic E-state index is 0.0200. The molecule has 1 fully saturated rings. The monoisotopic (exact) mass is 335 g/mol. The maximum atomic E-state index is 12.6. The van der Waals surface area contributed by atoms with E-state index in [1.807, 2.05) is 17.7 Å². The Morgan fingerprint density at radius 3 is 2.62 bits per heavy atom. The molecule has 0 aromatic carbocycles. The van der Waals surface area contributed by atoms with Crippen LogP contribution in [0.5, 0.6) is 0 Å². The molecule has 7 nitrogen and oxygen atoms in total. The lowest BCUT2D eigenvalue weighted by atomic mass is 9.92. The highest BCUT2D eigenvalue weighted by atomic mass is 16.2. The molecule has 0 spiro atoms. The van der Waals surface area contributed by atoms with E-state index in [-0.39, 0.29) is 23.9 Å². The van der Waals surface area contributed by atoms with E-state index in [1.54, 1.807) is 6.20 Å². The minimum atomic E-state index is -0.238. The van der Waals surface area contributed by atoms with Crippen LogP contribution in [-0.4, -0.2) is 45.6 Å². The number of carbonyl (C=O) groups is 2. The van der Waals surface area contributed by atoms with Crippen LogP contribution in [0.2, 0.25) is 0 Å². The molecule has 7 heteroatoms. The molecule has 134 valence electrons. The summed E-state index contributed by atoms with van der Waals surface area (Å²) in [6.45, 7) is 7.73. The lowest BCUT2D eigenvalue weighted by molar-refractivity contribution is -0.122. The first kappa shape index (κ1) is 18.4. The Hall–Kier alpha value is -1.89. The van der Waals surface area contributed by atoms with Crippen molar-refractivity contribution in [3.8, 4) is 0 Å². The summed E-state index contributed by atoms with van der Waals surface area (Å²) in [6, 6.07) is 1.87. The topological polar surface area (TPSA) is 93.2 Å². The molecule has 0 bridgehead atoms. The molecule has 1 aromatic heterocycles. The summed E-state index contributed by atoms with van der Waals surface area (Å²) >= 11 is 0. The third-order valence-electron chi connectivity index (χ3n) is 5.00. The predicted molar refractivity (Wildman–Crippen MR) is 93.4 cm³/mol. The van der Waals surface area contributed by atoms with Gasteiger partial charge in [0, 0.05) is 12.5 Å². The second-order valence-electron chi connectivity index (χ2n) is 6.73. The van der Waals surface area contributed by atoms with Crippen molar-refractivity contribution in [1.82, 2.24) is 14.7 Å². The number of primary amides is 1. The number of likely N-dealkylation sites (tertiary alicyclic amines) is 1. The highest BCUT2D eigenvalue weighted by Crippen LogP contribution is 2.22. The second kappa shape index (κ2) is 8.28. The van der Waals surface area contributed by atoms with Crippen LogP contribution >= 0.6 is 0 Å². The van der Waals surface area contributed by atoms with Gasteiger partial charge in [0.15, 0.2) is 0 Å². The third-order valence-corrected chi connectivity index (χ3v) is 5.00. The number of amides is 2. The quantitative estimate of drug-likeness (QED) is 0.794. The highest BCUT2D eigenvalue weighted by molar-refractivity contribution is 5.93. The van der Waals surface area contributed by atoms with E-state index >= 15 is 0 Å². The van der Waals surface area contributed by atoms with Crippen LogP contribution in [0.4, 0.5) is 5.82 Å². The van der Waals surface area contributed by atoms with Gasteiger partial charge in [0.05, 0.1) is 18.3 Å². The first-order chi connectivity index (χ1) is 11.4. The second-order valence-corrected chi connectivity index (χ2v) is 6.73. The predicted octanol–water partition coefficient (Wildman–Crippen LogP) is 1.77. The van der Waals surface area contributed by atoms with E-state index in [9.17, 15) is 9.59 Å². The molecule has 0 saturated carbocycles. The summed E-state index contributed by atoms with van der Waals surface area (Å²) in [4.78, 5) is 25.7. The van der Waals surface area contributed by atoms with Crippen molar-refractivity contribution >= 4 is 17.6 Å². The number of carbonyl (C=O) groups excluding carboxylic acids is 2. The molecule has 3 N–H and O–H groups in total. The summed E-state index contributed by atoms with van der Waals surface area (Å²) in [6.07, 6.45) is 4.93. The fourth-order valence-corrected chi connectivity index (χ4v) is 3.16. The molecule has 24 heavy (non-hydrogen) atoms. The Bertz CT molecular complexity index is 563. The normalized spacial score (nSPS) is 19.0. The van der Waals surface area contributed by atoms with Gasteiger partial charge in [0.25, 0.3) is 0 Å². The average Bonchev–Trinajstić information content (AvgIpc) is 3.01. The van der Waals surface area contributed by atoms with Crippen LogP contribution < -0.4 is 11.1 Å². The maximum absolute atomic E-state index is 12.6. The van der Waals surface area contributed by atoms with Gasteiger partial charge in [0.1, 0.15) is 5.82 Å². The van der Waals surface area contributed by atoms with E-state index < -0.39 is 0 Å². The molecule has 2 atom stereocenters. The first-order valence-electron chi connectivity index (χ1n) is 8.79. The number of hydrogen-bond acceptors (Lipinski definition) is 4. The van der Waals surface area contributed by atoms with Gasteiger partial charge in [-0.3, -0.25) is 14.5 Å². The number of anilines is 1. The standard InChI is InChI=1S/C17H29N5O2/c1-4-12(2)22-16(5-8-19-22)20-17(24)13(3)21-9-6-14(7-10-21)11-15(18)23/h5,8,12-14H,4,6-7,9-11H2,1-3H3,(H2,18,23)(H,20,24)/t12-,13-/m0/s1. The van der Waals surface area contributed by atoms with Crippen molar-refractivity contribution in [2.45, 2.75) is 58.5 Å². The molecular formula is C17H29N5O2. The summed E-state index contributed by atoms with van der Waals surface area (Å²) in [5, 5.41) is 7.29. The van der Waals surface area contributed by atoms with Gasteiger partial charge in [-0.25, -0.2) is 4.68 Å². The Balaban J connectivity index is 1.89. The zero-order valence-electron chi connectivity index (χ0n) is 14.9. The summed E-state index contributed by atoms with van der Waals surface area (Å²) in [5.74, 6) is 0.830. The lowest BCUT2D eigenvalue weighted by Gasteiger charge is -2.35. The molecular weight excluding hydrogens is 306 g/mol. The number of nitrogens with one attached hydrogen (secondary N) is 1. The van der Waals surface area contributed by atoms with Crippen LogP contribution in [0, 0.1) is 5.92 Å². The van der Waals surface area contributed by atoms with Crippen molar-refractivity contribution in [2.75, 3.05) is 18.4 Å². The fraction of sp³-hybridized carbons (Fsp3) is 0.706. The van der Waals surface area contributed by atoms with E-state index in [2.05, 4.69) is 29.2 Å². The van der Waals surface area contributed by atoms with Crippen LogP contribution in [0.1, 0.15) is 52.5 Å². The minimum Gasteiger partial charge on any atom is -0.370 e. The summed E-state index contributed by atoms with van der Waals surface area (Å²) < 4.78 is 1.85. The van der Waals surface area contributed by atoms with Gasteiger partial charge < -0.3 is 11.1 Å². The smallest absolute Gasteiger partial charge is 0.242 e. The molecule has 2 rings (SSSR count). The van der Waals surface area contributed by atoms with Gasteiger partial charge >= 0.3 is 0 Å². The highest BCUT2D eigenvalue weighted by Gasteiger charge is 2.27. The Morgan fingerprint density at radius 1 is 1.38 bits per heavy atom. The molecule has 1 aliphatic heterocycles. The van der Waals surface area contributed by atoms with Crippen LogP contribution in [0.15, 0.2) is 12.3 Å². The number of aromatic nitrogens is 2. The van der Waals surface area contributed by atoms with E-state index in [0.29, 0.717) is 12.3 Å². The number of nitrogens with zero attached hydrogens (tertiary/aromatic N) is 3. The molecule has 0 radical (unpaired) electrons. The maximum Gasteiger partial charge on any atom is 0.242 e. The van der Waals surface area contributed by atoms with Crippen molar-refractivity contribution in [3.05, 3.63) is 12.3 Å². The van der Waals surface area contributed by atoms with Crippen molar-refractivity contribution < 1.29 is 9.59 Å². The molecule has 2 heterocycles. The van der Waals surface area contributed by atoms with Gasteiger partial charge in [-0.2, -0.15) is 5.10 Å². The van der Waals surface area contributed by atoms with Gasteiger partial charge in [-0.15, -0.1) is 0 Å². The van der Waals surface area contributed by atoms with Crippen LogP contribution in [0.25, 0.3) is 0 Å². The zero-order valence-corrected chi connectivity index (χ0v) is 14.9. The van der Waals surface area contributed by atoms with Crippen molar-refractivity contribution in [1.29, 1.82) is 0 Å². The number of hydrogen-bond donors (Lipinski definition) is 2. The van der Waals surface area contributed by atoms with Crippen LogP contribution in [-0.2, 0) is 9.59 Å². The molecule has 0 aliphatic carbocycles. The van der Waals surface area contributed by atoms with Crippen LogP contribution in [0.3, 0.4) is 0 Å². The molecule has 1 saturated heterocycles. The van der Waals surface area contributed by atoms with E-state index in [1.165, 1.54) is 0 Å². The average molecular weight is 335 g/mol. The fourth-order valence-electron chi connectivity index (χ4n) is 3.16. The summed E-state index contributed by atoms with van der Waals surface area (Å²) in [7, 11) is 0. The Labute approximate surface area is 143 Å². The molecule has 1 aromatic rings. The lowest BCUT2D eigenvalue weighted by Crippen LogP contribution is -2.46. The van der Waals surface area contributed by atoms with Gasteiger partial charge in [-0.05, 0) is 52.1 Å². The Kier molecular flexibility index (Phi) is 6.36. The number of nitrogens with two attached hydrogens (primary N) is 1. The molecule has 1 aliphatic rings. The SMILES string of the molecule is CC[C@H](C)n1nccc1NC(=O)[C@H](C)N1CCC(CC(N)=O)CC1.